The highest BCUT2D eigenvalue weighted by Crippen LogP contribution is 2.36. The summed E-state index contributed by atoms with van der Waals surface area (Å²) in [5.41, 5.74) is 0.0300. The van der Waals surface area contributed by atoms with Gasteiger partial charge >= 0.3 is 0 Å². The van der Waals surface area contributed by atoms with Crippen molar-refractivity contribution in [1.82, 2.24) is 5.32 Å². The van der Waals surface area contributed by atoms with E-state index in [-0.39, 0.29) is 5.41 Å². The van der Waals surface area contributed by atoms with Gasteiger partial charge in [-0.2, -0.15) is 0 Å². The van der Waals surface area contributed by atoms with Crippen molar-refractivity contribution in [2.24, 2.45) is 5.41 Å². The molecule has 1 fully saturated rings. The van der Waals surface area contributed by atoms with E-state index in [0.29, 0.717) is 5.78 Å². The van der Waals surface area contributed by atoms with Gasteiger partial charge in [-0.25, -0.2) is 0 Å². The molecule has 0 aromatic rings. The molecule has 0 amide bonds. The van der Waals surface area contributed by atoms with Gasteiger partial charge in [0.15, 0.2) is 0 Å². The summed E-state index contributed by atoms with van der Waals surface area (Å²) in [4.78, 5) is 12.6. The van der Waals surface area contributed by atoms with Gasteiger partial charge in [0, 0.05) is 11.8 Å². The Labute approximate surface area is 126 Å². The van der Waals surface area contributed by atoms with Crippen molar-refractivity contribution < 1.29 is 4.79 Å². The predicted octanol–water partition coefficient (Wildman–Crippen LogP) is 4.87. The molecule has 1 aliphatic rings. The van der Waals surface area contributed by atoms with Crippen LogP contribution in [0.25, 0.3) is 0 Å². The molecule has 0 aliphatic carbocycles. The Morgan fingerprint density at radius 3 is 2.10 bits per heavy atom. The number of rotatable bonds is 11. The number of hydrogen-bond acceptors (Lipinski definition) is 2. The van der Waals surface area contributed by atoms with Crippen molar-refractivity contribution in [2.45, 2.75) is 90.9 Å². The van der Waals surface area contributed by atoms with E-state index >= 15 is 0 Å². The van der Waals surface area contributed by atoms with E-state index in [1.165, 1.54) is 38.5 Å². The summed E-state index contributed by atoms with van der Waals surface area (Å²) in [5.74, 6) is 0.564. The normalized spacial score (nSPS) is 18.1. The van der Waals surface area contributed by atoms with Crippen molar-refractivity contribution in [1.29, 1.82) is 0 Å². The largest absolute Gasteiger partial charge is 0.317 e. The topological polar surface area (TPSA) is 29.1 Å². The zero-order valence-corrected chi connectivity index (χ0v) is 13.8. The van der Waals surface area contributed by atoms with Gasteiger partial charge in [-0.1, -0.05) is 58.8 Å². The molecule has 0 bridgehead atoms. The number of nitrogens with one attached hydrogen (secondary N) is 1. The molecule has 20 heavy (non-hydrogen) atoms. The van der Waals surface area contributed by atoms with Gasteiger partial charge in [0.25, 0.3) is 0 Å². The second-order valence-electron chi connectivity index (χ2n) is 6.57. The van der Waals surface area contributed by atoms with E-state index in [9.17, 15) is 4.79 Å². The fourth-order valence-electron chi connectivity index (χ4n) is 3.56. The summed E-state index contributed by atoms with van der Waals surface area (Å²) in [6.45, 7) is 6.53. The van der Waals surface area contributed by atoms with Crippen LogP contribution in [0.15, 0.2) is 0 Å². The fourth-order valence-corrected chi connectivity index (χ4v) is 3.56. The minimum absolute atomic E-state index is 0.0300. The highest BCUT2D eigenvalue weighted by molar-refractivity contribution is 5.84. The molecule has 118 valence electrons. The standard InChI is InChI=1S/C18H35NO/c1-3-5-6-7-8-9-10-11-17(20)18(12-4-2)13-15-19-16-14-18/h19H,3-16H2,1-2H3. The first-order chi connectivity index (χ1) is 9.75. The first-order valence-electron chi connectivity index (χ1n) is 8.99. The minimum atomic E-state index is 0.0300. The molecule has 1 aliphatic heterocycles. The van der Waals surface area contributed by atoms with E-state index in [1.807, 2.05) is 0 Å². The number of ketones is 1. The van der Waals surface area contributed by atoms with E-state index < -0.39 is 0 Å². The molecule has 1 saturated heterocycles. The van der Waals surface area contributed by atoms with Crippen molar-refractivity contribution in [3.8, 4) is 0 Å². The summed E-state index contributed by atoms with van der Waals surface area (Å²) in [6, 6.07) is 0. The first-order valence-corrected chi connectivity index (χ1v) is 8.99. The van der Waals surface area contributed by atoms with Gasteiger partial charge in [-0.3, -0.25) is 4.79 Å². The maximum Gasteiger partial charge on any atom is 0.139 e. The van der Waals surface area contributed by atoms with Gasteiger partial charge in [0.05, 0.1) is 0 Å². The van der Waals surface area contributed by atoms with Crippen molar-refractivity contribution in [3.05, 3.63) is 0 Å². The van der Waals surface area contributed by atoms with Crippen LogP contribution in [0.3, 0.4) is 0 Å². The molecule has 0 spiro atoms. The Kier molecular flexibility index (Phi) is 9.17. The van der Waals surface area contributed by atoms with Gasteiger partial charge in [-0.05, 0) is 38.8 Å². The molecule has 0 unspecified atom stereocenters. The molecule has 1 heterocycles. The second-order valence-corrected chi connectivity index (χ2v) is 6.57. The van der Waals surface area contributed by atoms with Crippen molar-refractivity contribution in [3.63, 3.8) is 0 Å². The fraction of sp³-hybridized carbons (Fsp3) is 0.944. The van der Waals surface area contributed by atoms with E-state index in [4.69, 9.17) is 0 Å². The zero-order chi connectivity index (χ0) is 14.7. The maximum absolute atomic E-state index is 12.6. The number of carbonyl (C=O) groups is 1. The van der Waals surface area contributed by atoms with E-state index in [1.54, 1.807) is 0 Å². The average molecular weight is 281 g/mol. The lowest BCUT2D eigenvalue weighted by atomic mass is 9.71. The Morgan fingerprint density at radius 2 is 1.50 bits per heavy atom. The number of unbranched alkanes of at least 4 members (excludes halogenated alkanes) is 6. The first kappa shape index (κ1) is 17.7. The average Bonchev–Trinajstić information content (AvgIpc) is 2.47. The zero-order valence-electron chi connectivity index (χ0n) is 13.8. The van der Waals surface area contributed by atoms with Gasteiger partial charge in [-0.15, -0.1) is 0 Å². The van der Waals surface area contributed by atoms with Crippen LogP contribution in [-0.2, 0) is 4.79 Å². The Balaban J connectivity index is 2.21. The van der Waals surface area contributed by atoms with Crippen LogP contribution in [0, 0.1) is 5.41 Å². The van der Waals surface area contributed by atoms with Crippen molar-refractivity contribution in [2.75, 3.05) is 13.1 Å². The third kappa shape index (κ3) is 5.95. The maximum atomic E-state index is 12.6. The summed E-state index contributed by atoms with van der Waals surface area (Å²) in [6.07, 6.45) is 14.3. The molecule has 0 radical (unpaired) electrons. The molecular formula is C18H35NO. The molecule has 1 rings (SSSR count). The third-order valence-corrected chi connectivity index (χ3v) is 4.89. The number of piperidine rings is 1. The lowest BCUT2D eigenvalue weighted by Gasteiger charge is -2.36. The SMILES string of the molecule is CCCCCCCCCC(=O)C1(CCC)CCNCC1. The van der Waals surface area contributed by atoms with E-state index in [2.05, 4.69) is 19.2 Å². The monoisotopic (exact) mass is 281 g/mol. The molecule has 1 N–H and O–H groups in total. The lowest BCUT2D eigenvalue weighted by molar-refractivity contribution is -0.131. The minimum Gasteiger partial charge on any atom is -0.317 e. The smallest absolute Gasteiger partial charge is 0.139 e. The molecule has 2 nitrogen and oxygen atoms in total. The highest BCUT2D eigenvalue weighted by Gasteiger charge is 2.37. The molecule has 0 aromatic heterocycles. The Hall–Kier alpha value is -0.370. The van der Waals surface area contributed by atoms with Crippen LogP contribution in [0.4, 0.5) is 0 Å². The van der Waals surface area contributed by atoms with Crippen LogP contribution in [-0.4, -0.2) is 18.9 Å². The third-order valence-electron chi connectivity index (χ3n) is 4.89. The quantitative estimate of drug-likeness (QED) is 0.548. The van der Waals surface area contributed by atoms with Gasteiger partial charge in [0.1, 0.15) is 5.78 Å². The second kappa shape index (κ2) is 10.4. The summed E-state index contributed by atoms with van der Waals surface area (Å²) in [5, 5.41) is 3.40. The van der Waals surface area contributed by atoms with Gasteiger partial charge in [0.2, 0.25) is 0 Å². The van der Waals surface area contributed by atoms with Crippen LogP contribution in [0.2, 0.25) is 0 Å². The van der Waals surface area contributed by atoms with Gasteiger partial charge < -0.3 is 5.32 Å². The highest BCUT2D eigenvalue weighted by atomic mass is 16.1. The van der Waals surface area contributed by atoms with E-state index in [0.717, 1.165) is 51.6 Å². The van der Waals surface area contributed by atoms with Crippen LogP contribution >= 0.6 is 0 Å². The number of carbonyl (C=O) groups excluding carboxylic acids is 1. The summed E-state index contributed by atoms with van der Waals surface area (Å²) >= 11 is 0. The molecule has 0 saturated carbocycles. The van der Waals surface area contributed by atoms with Crippen LogP contribution < -0.4 is 5.32 Å². The summed E-state index contributed by atoms with van der Waals surface area (Å²) in [7, 11) is 0. The number of hydrogen-bond donors (Lipinski definition) is 1. The lowest BCUT2D eigenvalue weighted by Crippen LogP contribution is -2.42. The molecular weight excluding hydrogens is 246 g/mol. The molecule has 0 aromatic carbocycles. The Bertz CT molecular complexity index is 251. The molecule has 2 heteroatoms. The van der Waals surface area contributed by atoms with Crippen LogP contribution in [0.5, 0.6) is 0 Å². The number of Topliss-reactive ketones (excluding diaryl/α,β-unsaturated/α-hetero) is 1. The summed E-state index contributed by atoms with van der Waals surface area (Å²) < 4.78 is 0. The predicted molar refractivity (Wildman–Crippen MR) is 87.1 cm³/mol. The van der Waals surface area contributed by atoms with Crippen molar-refractivity contribution >= 4 is 5.78 Å². The Morgan fingerprint density at radius 1 is 0.900 bits per heavy atom. The molecule has 0 atom stereocenters. The van der Waals surface area contributed by atoms with Crippen LogP contribution in [0.1, 0.15) is 90.9 Å².